The summed E-state index contributed by atoms with van der Waals surface area (Å²) < 4.78 is 5.55. The van der Waals surface area contributed by atoms with Crippen LogP contribution in [-0.2, 0) is 9.59 Å². The van der Waals surface area contributed by atoms with Crippen molar-refractivity contribution in [1.29, 1.82) is 0 Å². The molecule has 0 unspecified atom stereocenters. The molecule has 2 aromatic carbocycles. The molecule has 0 aliphatic carbocycles. The molecule has 0 aromatic heterocycles. The van der Waals surface area contributed by atoms with E-state index in [1.54, 1.807) is 36.4 Å². The second-order valence-corrected chi connectivity index (χ2v) is 7.25. The van der Waals surface area contributed by atoms with Gasteiger partial charge in [0.15, 0.2) is 5.11 Å². The van der Waals surface area contributed by atoms with Crippen LogP contribution in [0.1, 0.15) is 12.5 Å². The number of nitrogens with one attached hydrogen (secondary N) is 1. The Balaban J connectivity index is 2.10. The van der Waals surface area contributed by atoms with Gasteiger partial charge in [-0.05, 0) is 55.5 Å². The topological polar surface area (TPSA) is 58.6 Å². The van der Waals surface area contributed by atoms with Crippen LogP contribution in [0.3, 0.4) is 0 Å². The van der Waals surface area contributed by atoms with Crippen LogP contribution < -0.4 is 15.0 Å². The molecule has 2 aromatic rings. The van der Waals surface area contributed by atoms with E-state index < -0.39 is 11.8 Å². The molecule has 0 spiro atoms. The number of anilines is 1. The predicted molar refractivity (Wildman–Crippen MR) is 115 cm³/mol. The number of hydrogen-bond acceptors (Lipinski definition) is 4. The number of thiocarbonyl (C=S) groups is 1. The van der Waals surface area contributed by atoms with Crippen LogP contribution in [0.2, 0.25) is 15.1 Å². The lowest BCUT2D eigenvalue weighted by Crippen LogP contribution is -2.54. The number of rotatable bonds is 4. The number of carbonyl (C=O) groups excluding carboxylic acids is 2. The van der Waals surface area contributed by atoms with E-state index in [1.165, 1.54) is 6.08 Å². The van der Waals surface area contributed by atoms with Crippen LogP contribution in [0, 0.1) is 0 Å². The highest BCUT2D eigenvalue weighted by Crippen LogP contribution is 2.35. The summed E-state index contributed by atoms with van der Waals surface area (Å²) in [4.78, 5) is 26.7. The summed E-state index contributed by atoms with van der Waals surface area (Å²) in [6.45, 7) is 2.23. The fourth-order valence-electron chi connectivity index (χ4n) is 2.62. The van der Waals surface area contributed by atoms with Gasteiger partial charge in [-0.2, -0.15) is 0 Å². The maximum Gasteiger partial charge on any atom is 0.270 e. The van der Waals surface area contributed by atoms with Crippen LogP contribution in [0.25, 0.3) is 6.08 Å². The minimum Gasteiger partial charge on any atom is -0.493 e. The monoisotopic (exact) mass is 454 g/mol. The van der Waals surface area contributed by atoms with Gasteiger partial charge >= 0.3 is 0 Å². The number of benzene rings is 2. The van der Waals surface area contributed by atoms with E-state index in [9.17, 15) is 9.59 Å². The van der Waals surface area contributed by atoms with E-state index >= 15 is 0 Å². The lowest BCUT2D eigenvalue weighted by atomic mass is 10.1. The standard InChI is InChI=1S/C19H13Cl3N2O3S/c1-2-27-15-7-6-11(20)8-10(15)9-12-17(25)23-19(28)24(18(12)26)14-5-3-4-13(21)16(14)22/h3-9H,2H2,1H3,(H,23,25,28)/b12-9+. The summed E-state index contributed by atoms with van der Waals surface area (Å²) in [5, 5.41) is 3.24. The van der Waals surface area contributed by atoms with Gasteiger partial charge in [-0.25, -0.2) is 0 Å². The lowest BCUT2D eigenvalue weighted by Gasteiger charge is -2.29. The third-order valence-electron chi connectivity index (χ3n) is 3.85. The van der Waals surface area contributed by atoms with Crippen LogP contribution >= 0.6 is 47.0 Å². The zero-order valence-corrected chi connectivity index (χ0v) is 17.5. The van der Waals surface area contributed by atoms with Gasteiger partial charge in [0, 0.05) is 10.6 Å². The van der Waals surface area contributed by atoms with Crippen molar-refractivity contribution in [3.8, 4) is 5.75 Å². The molecule has 0 bridgehead atoms. The van der Waals surface area contributed by atoms with E-state index in [-0.39, 0.29) is 26.4 Å². The largest absolute Gasteiger partial charge is 0.493 e. The Kier molecular flexibility index (Phi) is 6.25. The molecule has 28 heavy (non-hydrogen) atoms. The Morgan fingerprint density at radius 2 is 1.93 bits per heavy atom. The first-order valence-corrected chi connectivity index (χ1v) is 9.65. The van der Waals surface area contributed by atoms with Crippen LogP contribution in [-0.4, -0.2) is 23.5 Å². The number of amides is 2. The summed E-state index contributed by atoms with van der Waals surface area (Å²) in [6.07, 6.45) is 1.40. The fraction of sp³-hybridized carbons (Fsp3) is 0.105. The highest BCUT2D eigenvalue weighted by Gasteiger charge is 2.35. The van der Waals surface area contributed by atoms with Crippen molar-refractivity contribution in [1.82, 2.24) is 5.32 Å². The number of hydrogen-bond donors (Lipinski definition) is 1. The molecule has 0 radical (unpaired) electrons. The van der Waals surface area contributed by atoms with E-state index in [4.69, 9.17) is 51.8 Å². The molecule has 1 heterocycles. The molecule has 9 heteroatoms. The molecule has 0 atom stereocenters. The number of halogens is 3. The molecule has 144 valence electrons. The van der Waals surface area contributed by atoms with Crippen LogP contribution in [0.5, 0.6) is 5.75 Å². The van der Waals surface area contributed by atoms with E-state index in [0.29, 0.717) is 22.9 Å². The van der Waals surface area contributed by atoms with Crippen LogP contribution in [0.4, 0.5) is 5.69 Å². The normalized spacial score (nSPS) is 15.8. The molecule has 3 rings (SSSR count). The molecular formula is C19H13Cl3N2O3S. The molecule has 2 amide bonds. The number of carbonyl (C=O) groups is 2. The van der Waals surface area contributed by atoms with Gasteiger partial charge in [-0.3, -0.25) is 19.8 Å². The van der Waals surface area contributed by atoms with Gasteiger partial charge in [0.2, 0.25) is 0 Å². The molecule has 1 aliphatic rings. The Bertz CT molecular complexity index is 1020. The SMILES string of the molecule is CCOc1ccc(Cl)cc1/C=C1\C(=O)NC(=S)N(c2cccc(Cl)c2Cl)C1=O. The van der Waals surface area contributed by atoms with E-state index in [1.807, 2.05) is 6.92 Å². The van der Waals surface area contributed by atoms with Gasteiger partial charge in [-0.15, -0.1) is 0 Å². The zero-order chi connectivity index (χ0) is 20.4. The average Bonchev–Trinajstić information content (AvgIpc) is 2.64. The highest BCUT2D eigenvalue weighted by molar-refractivity contribution is 7.80. The fourth-order valence-corrected chi connectivity index (χ4v) is 3.45. The first-order valence-electron chi connectivity index (χ1n) is 8.11. The van der Waals surface area contributed by atoms with Crippen molar-refractivity contribution in [2.75, 3.05) is 11.5 Å². The summed E-state index contributed by atoms with van der Waals surface area (Å²) in [5.74, 6) is -0.785. The highest BCUT2D eigenvalue weighted by atomic mass is 35.5. The van der Waals surface area contributed by atoms with Crippen LogP contribution in [0.15, 0.2) is 42.0 Å². The quantitative estimate of drug-likeness (QED) is 0.406. The molecule has 1 N–H and O–H groups in total. The van der Waals surface area contributed by atoms with E-state index in [2.05, 4.69) is 5.32 Å². The van der Waals surface area contributed by atoms with Crippen molar-refractivity contribution < 1.29 is 14.3 Å². The maximum atomic E-state index is 13.1. The summed E-state index contributed by atoms with van der Waals surface area (Å²) in [5.41, 5.74) is 0.608. The minimum atomic E-state index is -0.639. The summed E-state index contributed by atoms with van der Waals surface area (Å²) >= 11 is 23.5. The Morgan fingerprint density at radius 1 is 1.18 bits per heavy atom. The van der Waals surface area contributed by atoms with Crippen molar-refractivity contribution in [2.45, 2.75) is 6.92 Å². The van der Waals surface area contributed by atoms with Gasteiger partial charge in [0.25, 0.3) is 11.8 Å². The molecule has 0 saturated carbocycles. The van der Waals surface area contributed by atoms with Gasteiger partial charge in [0.1, 0.15) is 11.3 Å². The number of ether oxygens (including phenoxy) is 1. The molecule has 1 saturated heterocycles. The average molecular weight is 456 g/mol. The Morgan fingerprint density at radius 3 is 2.64 bits per heavy atom. The maximum absolute atomic E-state index is 13.1. The lowest BCUT2D eigenvalue weighted by molar-refractivity contribution is -0.122. The third-order valence-corrected chi connectivity index (χ3v) is 5.17. The van der Waals surface area contributed by atoms with Crippen molar-refractivity contribution >= 4 is 75.7 Å². The van der Waals surface area contributed by atoms with Gasteiger partial charge in [0.05, 0.1) is 22.3 Å². The molecule has 5 nitrogen and oxygen atoms in total. The van der Waals surface area contributed by atoms with Crippen molar-refractivity contribution in [2.24, 2.45) is 0 Å². The molecular weight excluding hydrogens is 443 g/mol. The molecule has 1 aliphatic heterocycles. The first-order chi connectivity index (χ1) is 13.3. The Labute approximate surface area is 181 Å². The van der Waals surface area contributed by atoms with Crippen molar-refractivity contribution in [3.05, 3.63) is 62.6 Å². The Hall–Kier alpha value is -2.12. The smallest absolute Gasteiger partial charge is 0.270 e. The summed E-state index contributed by atoms with van der Waals surface area (Å²) in [6, 6.07) is 9.72. The van der Waals surface area contributed by atoms with Crippen molar-refractivity contribution in [3.63, 3.8) is 0 Å². The van der Waals surface area contributed by atoms with E-state index in [0.717, 1.165) is 4.90 Å². The summed E-state index contributed by atoms with van der Waals surface area (Å²) in [7, 11) is 0. The second kappa shape index (κ2) is 8.49. The third kappa shape index (κ3) is 4.00. The predicted octanol–water partition coefficient (Wildman–Crippen LogP) is 4.88. The zero-order valence-electron chi connectivity index (χ0n) is 14.5. The number of nitrogens with zero attached hydrogens (tertiary/aromatic N) is 1. The van der Waals surface area contributed by atoms with Gasteiger partial charge < -0.3 is 4.74 Å². The second-order valence-electron chi connectivity index (χ2n) is 5.65. The van der Waals surface area contributed by atoms with Gasteiger partial charge in [-0.1, -0.05) is 40.9 Å². The first kappa shape index (κ1) is 20.6. The molecule has 1 fully saturated rings. The minimum absolute atomic E-state index is 0.0903.